The first kappa shape index (κ1) is 13.1. The lowest BCUT2D eigenvalue weighted by atomic mass is 9.98. The molecule has 0 spiro atoms. The van der Waals surface area contributed by atoms with Gasteiger partial charge in [0.25, 0.3) is 0 Å². The second kappa shape index (κ2) is 6.04. The number of allylic oxidation sites excluding steroid dienone is 1. The minimum absolute atomic E-state index is 0.114. The molecule has 1 aromatic rings. The maximum Gasteiger partial charge on any atom is 0.130 e. The molecule has 0 saturated carbocycles. The van der Waals surface area contributed by atoms with Crippen molar-refractivity contribution in [1.29, 1.82) is 10.5 Å². The van der Waals surface area contributed by atoms with E-state index in [4.69, 9.17) is 15.6 Å². The molecule has 0 atom stereocenters. The normalized spacial score (nSPS) is 13.1. The number of nitrogens with zero attached hydrogens (tertiary/aromatic N) is 3. The summed E-state index contributed by atoms with van der Waals surface area (Å²) in [4.78, 5) is 2.17. The van der Waals surface area contributed by atoms with E-state index in [9.17, 15) is 0 Å². The summed E-state index contributed by atoms with van der Waals surface area (Å²) in [7, 11) is 0. The number of benzene rings is 1. The highest BCUT2D eigenvalue weighted by molar-refractivity contribution is 5.66. The second-order valence-corrected chi connectivity index (χ2v) is 4.48. The SMILES string of the molecule is N#CC(C#N)=Cc1ccc2c(c1)CCCN2CCO. The highest BCUT2D eigenvalue weighted by Gasteiger charge is 2.16. The van der Waals surface area contributed by atoms with Crippen molar-refractivity contribution in [2.45, 2.75) is 12.8 Å². The van der Waals surface area contributed by atoms with Gasteiger partial charge < -0.3 is 10.0 Å². The fourth-order valence-electron chi connectivity index (χ4n) is 2.39. The summed E-state index contributed by atoms with van der Waals surface area (Å²) >= 11 is 0. The van der Waals surface area contributed by atoms with Crippen LogP contribution >= 0.6 is 0 Å². The average Bonchev–Trinajstić information content (AvgIpc) is 2.45. The zero-order valence-electron chi connectivity index (χ0n) is 10.6. The van der Waals surface area contributed by atoms with Gasteiger partial charge in [0.2, 0.25) is 0 Å². The fourth-order valence-corrected chi connectivity index (χ4v) is 2.39. The summed E-state index contributed by atoms with van der Waals surface area (Å²) in [6.07, 6.45) is 3.65. The molecule has 1 aliphatic rings. The monoisotopic (exact) mass is 253 g/mol. The topological polar surface area (TPSA) is 71.0 Å². The van der Waals surface area contributed by atoms with Gasteiger partial charge in [0.05, 0.1) is 6.61 Å². The van der Waals surface area contributed by atoms with E-state index < -0.39 is 0 Å². The average molecular weight is 253 g/mol. The van der Waals surface area contributed by atoms with Crippen molar-refractivity contribution in [2.24, 2.45) is 0 Å². The van der Waals surface area contributed by atoms with Gasteiger partial charge in [-0.15, -0.1) is 0 Å². The first-order valence-corrected chi connectivity index (χ1v) is 6.29. The first-order chi connectivity index (χ1) is 9.28. The number of rotatable bonds is 3. The van der Waals surface area contributed by atoms with Crippen molar-refractivity contribution >= 4 is 11.8 Å². The van der Waals surface area contributed by atoms with E-state index in [-0.39, 0.29) is 12.2 Å². The Morgan fingerprint density at radius 2 is 2.16 bits per heavy atom. The minimum atomic E-state index is 0.114. The summed E-state index contributed by atoms with van der Waals surface area (Å²) in [6, 6.07) is 9.66. The van der Waals surface area contributed by atoms with Gasteiger partial charge in [-0.1, -0.05) is 6.07 Å². The van der Waals surface area contributed by atoms with Crippen LogP contribution in [0.2, 0.25) is 0 Å². The number of fused-ring (bicyclic) bond motifs is 1. The Labute approximate surface area is 112 Å². The van der Waals surface area contributed by atoms with Crippen molar-refractivity contribution in [3.05, 3.63) is 34.9 Å². The molecule has 19 heavy (non-hydrogen) atoms. The van der Waals surface area contributed by atoms with Crippen LogP contribution in [0.4, 0.5) is 5.69 Å². The van der Waals surface area contributed by atoms with E-state index in [1.165, 1.54) is 5.56 Å². The molecule has 0 fully saturated rings. The van der Waals surface area contributed by atoms with Gasteiger partial charge in [-0.05, 0) is 42.2 Å². The predicted octanol–water partition coefficient (Wildman–Crippen LogP) is 1.86. The molecule has 0 amide bonds. The number of anilines is 1. The summed E-state index contributed by atoms with van der Waals surface area (Å²) in [5, 5.41) is 26.6. The Morgan fingerprint density at radius 1 is 1.37 bits per heavy atom. The molecule has 4 nitrogen and oxygen atoms in total. The first-order valence-electron chi connectivity index (χ1n) is 6.29. The molecule has 0 aromatic heterocycles. The molecule has 2 rings (SSSR count). The lowest BCUT2D eigenvalue weighted by molar-refractivity contribution is 0.301. The van der Waals surface area contributed by atoms with Crippen LogP contribution in [-0.4, -0.2) is 24.8 Å². The number of hydrogen-bond donors (Lipinski definition) is 1. The van der Waals surface area contributed by atoms with Crippen molar-refractivity contribution in [3.8, 4) is 12.1 Å². The van der Waals surface area contributed by atoms with Gasteiger partial charge in [0, 0.05) is 18.8 Å². The molecule has 0 saturated heterocycles. The number of aliphatic hydroxyl groups excluding tert-OH is 1. The van der Waals surface area contributed by atoms with Crippen molar-refractivity contribution in [1.82, 2.24) is 0 Å². The van der Waals surface area contributed by atoms with Crippen LogP contribution in [0.5, 0.6) is 0 Å². The number of aryl methyl sites for hydroxylation is 1. The standard InChI is InChI=1S/C15H15N3O/c16-10-13(11-17)8-12-3-4-15-14(9-12)2-1-5-18(15)6-7-19/h3-4,8-9,19H,1-2,5-7H2. The highest BCUT2D eigenvalue weighted by atomic mass is 16.3. The van der Waals surface area contributed by atoms with Gasteiger partial charge in [0.15, 0.2) is 0 Å². The van der Waals surface area contributed by atoms with E-state index in [0.29, 0.717) is 6.54 Å². The Morgan fingerprint density at radius 3 is 2.84 bits per heavy atom. The smallest absolute Gasteiger partial charge is 0.130 e. The lowest BCUT2D eigenvalue weighted by Crippen LogP contribution is -2.31. The van der Waals surface area contributed by atoms with Crippen LogP contribution < -0.4 is 4.90 Å². The highest BCUT2D eigenvalue weighted by Crippen LogP contribution is 2.28. The molecule has 0 radical (unpaired) electrons. The van der Waals surface area contributed by atoms with E-state index in [0.717, 1.165) is 30.6 Å². The van der Waals surface area contributed by atoms with E-state index >= 15 is 0 Å². The van der Waals surface area contributed by atoms with Gasteiger partial charge in [-0.2, -0.15) is 10.5 Å². The molecular weight excluding hydrogens is 238 g/mol. The molecule has 0 bridgehead atoms. The number of β-amino-alcohol motifs (C(OH)–C–C–N with tert-alkyl or cyclic N) is 1. The summed E-state index contributed by atoms with van der Waals surface area (Å²) in [5.41, 5.74) is 3.35. The Hall–Kier alpha value is -2.30. The predicted molar refractivity (Wildman–Crippen MR) is 73.3 cm³/mol. The molecule has 1 heterocycles. The molecule has 96 valence electrons. The number of nitriles is 2. The molecule has 1 aliphatic heterocycles. The summed E-state index contributed by atoms with van der Waals surface area (Å²) < 4.78 is 0. The van der Waals surface area contributed by atoms with Crippen molar-refractivity contribution in [3.63, 3.8) is 0 Å². The Bertz CT molecular complexity index is 562. The van der Waals surface area contributed by atoms with E-state index in [2.05, 4.69) is 4.90 Å². The maximum atomic E-state index is 9.06. The van der Waals surface area contributed by atoms with E-state index in [1.54, 1.807) is 6.08 Å². The molecule has 1 aromatic carbocycles. The lowest BCUT2D eigenvalue weighted by Gasteiger charge is -2.31. The minimum Gasteiger partial charge on any atom is -0.395 e. The summed E-state index contributed by atoms with van der Waals surface area (Å²) in [5.74, 6) is 0. The zero-order chi connectivity index (χ0) is 13.7. The quantitative estimate of drug-likeness (QED) is 0.835. The third kappa shape index (κ3) is 2.93. The Kier molecular flexibility index (Phi) is 4.18. The number of aliphatic hydroxyl groups is 1. The van der Waals surface area contributed by atoms with Crippen LogP contribution in [0.3, 0.4) is 0 Å². The third-order valence-corrected chi connectivity index (χ3v) is 3.24. The third-order valence-electron chi connectivity index (χ3n) is 3.24. The van der Waals surface area contributed by atoms with Crippen LogP contribution in [0.15, 0.2) is 23.8 Å². The van der Waals surface area contributed by atoms with Crippen LogP contribution in [-0.2, 0) is 6.42 Å². The van der Waals surface area contributed by atoms with Gasteiger partial charge in [0.1, 0.15) is 17.7 Å². The summed E-state index contributed by atoms with van der Waals surface area (Å²) in [6.45, 7) is 1.75. The molecular formula is C15H15N3O. The van der Waals surface area contributed by atoms with Crippen LogP contribution in [0, 0.1) is 22.7 Å². The van der Waals surface area contributed by atoms with Crippen LogP contribution in [0.25, 0.3) is 6.08 Å². The van der Waals surface area contributed by atoms with Gasteiger partial charge >= 0.3 is 0 Å². The van der Waals surface area contributed by atoms with Crippen LogP contribution in [0.1, 0.15) is 17.5 Å². The molecule has 0 unspecified atom stereocenters. The van der Waals surface area contributed by atoms with Gasteiger partial charge in [-0.25, -0.2) is 0 Å². The maximum absolute atomic E-state index is 9.06. The van der Waals surface area contributed by atoms with Gasteiger partial charge in [-0.3, -0.25) is 0 Å². The zero-order valence-corrected chi connectivity index (χ0v) is 10.6. The molecule has 4 heteroatoms. The number of hydrogen-bond acceptors (Lipinski definition) is 4. The van der Waals surface area contributed by atoms with Crippen molar-refractivity contribution in [2.75, 3.05) is 24.6 Å². The van der Waals surface area contributed by atoms with Crippen molar-refractivity contribution < 1.29 is 5.11 Å². The Balaban J connectivity index is 2.32. The van der Waals surface area contributed by atoms with E-state index in [1.807, 2.05) is 30.3 Å². The molecule has 1 N–H and O–H groups in total. The largest absolute Gasteiger partial charge is 0.395 e. The second-order valence-electron chi connectivity index (χ2n) is 4.48. The molecule has 0 aliphatic carbocycles. The fraction of sp³-hybridized carbons (Fsp3) is 0.333.